The van der Waals surface area contributed by atoms with Crippen LogP contribution in [-0.2, 0) is 4.74 Å². The summed E-state index contributed by atoms with van der Waals surface area (Å²) in [5.41, 5.74) is 6.30. The molecule has 7 heteroatoms. The molecule has 0 unspecified atom stereocenters. The van der Waals surface area contributed by atoms with Crippen LogP contribution < -0.4 is 5.73 Å². The number of nitrogen functional groups attached to an aromatic ring is 1. The molecule has 0 saturated heterocycles. The lowest BCUT2D eigenvalue weighted by Crippen LogP contribution is -2.09. The Morgan fingerprint density at radius 3 is 2.82 bits per heavy atom. The van der Waals surface area contributed by atoms with Crippen molar-refractivity contribution in [3.05, 3.63) is 30.4 Å². The second-order valence-electron chi connectivity index (χ2n) is 3.08. The Balaban J connectivity index is 2.41. The lowest BCUT2D eigenvalue weighted by atomic mass is 10.3. The number of anilines is 1. The number of nitrogens with two attached hydrogens (primary N) is 1. The van der Waals surface area contributed by atoms with Gasteiger partial charge in [-0.15, -0.1) is 0 Å². The van der Waals surface area contributed by atoms with Gasteiger partial charge in [-0.1, -0.05) is 0 Å². The molecular formula is C10H9N5O2. The standard InChI is InChI=1S/C10H9N5O2/c1-17-10(16)6-4-13-9(15-8(6)11)7-2-3-12-5-14-7/h2-5H,1H3,(H2,11,13,15). The first kappa shape index (κ1) is 10.9. The highest BCUT2D eigenvalue weighted by molar-refractivity contribution is 5.93. The molecule has 2 aromatic heterocycles. The van der Waals surface area contributed by atoms with E-state index in [4.69, 9.17) is 5.73 Å². The summed E-state index contributed by atoms with van der Waals surface area (Å²) in [6.45, 7) is 0. The van der Waals surface area contributed by atoms with E-state index in [1.807, 2.05) is 0 Å². The average Bonchev–Trinajstić information content (AvgIpc) is 2.39. The summed E-state index contributed by atoms with van der Waals surface area (Å²) in [6, 6.07) is 1.65. The van der Waals surface area contributed by atoms with E-state index in [-0.39, 0.29) is 11.4 Å². The maximum Gasteiger partial charge on any atom is 0.343 e. The first-order valence-electron chi connectivity index (χ1n) is 4.69. The fraction of sp³-hybridized carbons (Fsp3) is 0.100. The van der Waals surface area contributed by atoms with E-state index < -0.39 is 5.97 Å². The third-order valence-electron chi connectivity index (χ3n) is 2.03. The summed E-state index contributed by atoms with van der Waals surface area (Å²) in [5.74, 6) is -0.185. The molecule has 0 aliphatic carbocycles. The van der Waals surface area contributed by atoms with Gasteiger partial charge in [-0.2, -0.15) is 0 Å². The minimum absolute atomic E-state index is 0.0560. The highest BCUT2D eigenvalue weighted by Gasteiger charge is 2.13. The summed E-state index contributed by atoms with van der Waals surface area (Å²) < 4.78 is 4.54. The van der Waals surface area contributed by atoms with Crippen LogP contribution in [0.1, 0.15) is 10.4 Å². The lowest BCUT2D eigenvalue weighted by Gasteiger charge is -2.04. The molecule has 0 fully saturated rings. The van der Waals surface area contributed by atoms with Gasteiger partial charge in [0.25, 0.3) is 0 Å². The van der Waals surface area contributed by atoms with Crippen molar-refractivity contribution >= 4 is 11.8 Å². The predicted molar refractivity (Wildman–Crippen MR) is 58.8 cm³/mol. The molecule has 2 heterocycles. The molecule has 7 nitrogen and oxygen atoms in total. The molecule has 86 valence electrons. The molecule has 2 rings (SSSR count). The van der Waals surface area contributed by atoms with Crippen molar-refractivity contribution < 1.29 is 9.53 Å². The summed E-state index contributed by atoms with van der Waals surface area (Å²) in [7, 11) is 1.26. The number of aromatic nitrogens is 4. The molecule has 0 aliphatic rings. The molecule has 0 amide bonds. The average molecular weight is 231 g/mol. The van der Waals surface area contributed by atoms with Crippen molar-refractivity contribution in [2.45, 2.75) is 0 Å². The molecule has 0 aliphatic heterocycles. The number of carbonyl (C=O) groups is 1. The normalized spacial score (nSPS) is 9.94. The van der Waals surface area contributed by atoms with Crippen molar-refractivity contribution in [2.24, 2.45) is 0 Å². The lowest BCUT2D eigenvalue weighted by molar-refractivity contribution is 0.0601. The predicted octanol–water partition coefficient (Wildman–Crippen LogP) is 0.302. The second-order valence-corrected chi connectivity index (χ2v) is 3.08. The number of rotatable bonds is 2. The van der Waals surface area contributed by atoms with E-state index in [2.05, 4.69) is 24.7 Å². The highest BCUT2D eigenvalue weighted by atomic mass is 16.5. The van der Waals surface area contributed by atoms with Crippen LogP contribution >= 0.6 is 0 Å². The minimum Gasteiger partial charge on any atom is -0.465 e. The van der Waals surface area contributed by atoms with Gasteiger partial charge in [-0.05, 0) is 6.07 Å². The zero-order valence-corrected chi connectivity index (χ0v) is 8.99. The number of nitrogens with zero attached hydrogens (tertiary/aromatic N) is 4. The summed E-state index contributed by atoms with van der Waals surface area (Å²) >= 11 is 0. The maximum atomic E-state index is 11.3. The molecule has 17 heavy (non-hydrogen) atoms. The smallest absolute Gasteiger partial charge is 0.343 e. The van der Waals surface area contributed by atoms with Gasteiger partial charge in [0.15, 0.2) is 5.82 Å². The van der Waals surface area contributed by atoms with Crippen LogP contribution in [0.5, 0.6) is 0 Å². The van der Waals surface area contributed by atoms with Crippen molar-refractivity contribution in [3.8, 4) is 11.5 Å². The fourth-order valence-electron chi connectivity index (χ4n) is 1.21. The van der Waals surface area contributed by atoms with Crippen molar-refractivity contribution in [1.29, 1.82) is 0 Å². The van der Waals surface area contributed by atoms with E-state index >= 15 is 0 Å². The molecule has 0 atom stereocenters. The van der Waals surface area contributed by atoms with Gasteiger partial charge in [0.2, 0.25) is 0 Å². The number of carbonyl (C=O) groups excluding carboxylic acids is 1. The van der Waals surface area contributed by atoms with Crippen molar-refractivity contribution in [3.63, 3.8) is 0 Å². The second kappa shape index (κ2) is 4.52. The molecule has 0 spiro atoms. The number of ether oxygens (including phenoxy) is 1. The first-order chi connectivity index (χ1) is 8.22. The van der Waals surface area contributed by atoms with Gasteiger partial charge < -0.3 is 10.5 Å². The first-order valence-corrected chi connectivity index (χ1v) is 4.69. The van der Waals surface area contributed by atoms with Gasteiger partial charge >= 0.3 is 5.97 Å². The van der Waals surface area contributed by atoms with Gasteiger partial charge in [-0.3, -0.25) is 0 Å². The molecule has 0 radical (unpaired) electrons. The third kappa shape index (κ3) is 2.17. The van der Waals surface area contributed by atoms with Crippen LogP contribution in [0.4, 0.5) is 5.82 Å². The Morgan fingerprint density at radius 2 is 2.24 bits per heavy atom. The number of methoxy groups -OCH3 is 1. The topological polar surface area (TPSA) is 104 Å². The Kier molecular flexibility index (Phi) is 2.91. The number of hydrogen-bond acceptors (Lipinski definition) is 7. The Bertz CT molecular complexity index is 544. The Labute approximate surface area is 96.7 Å². The van der Waals surface area contributed by atoms with Gasteiger partial charge in [0, 0.05) is 12.4 Å². The molecule has 0 saturated carbocycles. The van der Waals surface area contributed by atoms with Crippen LogP contribution in [0, 0.1) is 0 Å². The Morgan fingerprint density at radius 1 is 1.41 bits per heavy atom. The minimum atomic E-state index is -0.572. The molecular weight excluding hydrogens is 222 g/mol. The third-order valence-corrected chi connectivity index (χ3v) is 2.03. The van der Waals surface area contributed by atoms with Crippen molar-refractivity contribution in [1.82, 2.24) is 19.9 Å². The maximum absolute atomic E-state index is 11.3. The number of esters is 1. The van der Waals surface area contributed by atoms with Gasteiger partial charge in [0.1, 0.15) is 23.4 Å². The zero-order valence-electron chi connectivity index (χ0n) is 8.99. The van der Waals surface area contributed by atoms with Crippen molar-refractivity contribution in [2.75, 3.05) is 12.8 Å². The molecule has 0 bridgehead atoms. The van der Waals surface area contributed by atoms with Crippen LogP contribution in [0.3, 0.4) is 0 Å². The summed E-state index contributed by atoms with van der Waals surface area (Å²) in [4.78, 5) is 27.0. The van der Waals surface area contributed by atoms with E-state index in [1.165, 1.54) is 19.6 Å². The molecule has 2 N–H and O–H groups in total. The van der Waals surface area contributed by atoms with Crippen LogP contribution in [0.15, 0.2) is 24.8 Å². The van der Waals surface area contributed by atoms with E-state index in [1.54, 1.807) is 12.3 Å². The molecule has 0 aromatic carbocycles. The van der Waals surface area contributed by atoms with E-state index in [0.717, 1.165) is 0 Å². The van der Waals surface area contributed by atoms with Crippen LogP contribution in [0.25, 0.3) is 11.5 Å². The van der Waals surface area contributed by atoms with Crippen LogP contribution in [-0.4, -0.2) is 33.0 Å². The highest BCUT2D eigenvalue weighted by Crippen LogP contribution is 2.15. The molecule has 2 aromatic rings. The zero-order chi connectivity index (χ0) is 12.3. The van der Waals surface area contributed by atoms with Crippen LogP contribution in [0.2, 0.25) is 0 Å². The largest absolute Gasteiger partial charge is 0.465 e. The van der Waals surface area contributed by atoms with E-state index in [0.29, 0.717) is 11.5 Å². The monoisotopic (exact) mass is 231 g/mol. The van der Waals surface area contributed by atoms with Gasteiger partial charge in [-0.25, -0.2) is 24.7 Å². The fourth-order valence-corrected chi connectivity index (χ4v) is 1.21. The van der Waals surface area contributed by atoms with Gasteiger partial charge in [0.05, 0.1) is 7.11 Å². The van der Waals surface area contributed by atoms with E-state index in [9.17, 15) is 4.79 Å². The Hall–Kier alpha value is -2.57. The number of hydrogen-bond donors (Lipinski definition) is 1. The summed E-state index contributed by atoms with van der Waals surface area (Å²) in [5, 5.41) is 0. The SMILES string of the molecule is COC(=O)c1cnc(-c2ccncn2)nc1N. The summed E-state index contributed by atoms with van der Waals surface area (Å²) in [6.07, 6.45) is 4.25. The quantitative estimate of drug-likeness (QED) is 0.741.